The van der Waals surface area contributed by atoms with Gasteiger partial charge in [0.25, 0.3) is 5.56 Å². The fraction of sp³-hybridized carbons (Fsp3) is 0.448. The molecule has 1 aromatic heterocycles. The van der Waals surface area contributed by atoms with Gasteiger partial charge in [-0.3, -0.25) is 4.79 Å². The summed E-state index contributed by atoms with van der Waals surface area (Å²) in [5.41, 5.74) is 0.174. The van der Waals surface area contributed by atoms with Crippen molar-refractivity contribution in [1.29, 1.82) is 0 Å². The molecule has 0 aliphatic heterocycles. The number of amides is 1. The number of aromatic nitrogens is 1. The van der Waals surface area contributed by atoms with Crippen LogP contribution >= 0.6 is 27.5 Å². The Hall–Kier alpha value is -2.51. The van der Waals surface area contributed by atoms with Crippen molar-refractivity contribution in [3.05, 3.63) is 74.1 Å². The van der Waals surface area contributed by atoms with Gasteiger partial charge in [0.1, 0.15) is 11.4 Å². The summed E-state index contributed by atoms with van der Waals surface area (Å²) >= 11 is 10.1. The molecule has 37 heavy (non-hydrogen) atoms. The van der Waals surface area contributed by atoms with Crippen molar-refractivity contribution in [2.75, 3.05) is 0 Å². The highest BCUT2D eigenvalue weighted by Crippen LogP contribution is 2.45. The summed E-state index contributed by atoms with van der Waals surface area (Å²) in [7, 11) is 0. The van der Waals surface area contributed by atoms with Crippen molar-refractivity contribution >= 4 is 44.4 Å². The number of rotatable bonds is 6. The molecule has 1 unspecified atom stereocenters. The molecular weight excluding hydrogens is 556 g/mol. The number of hydrogen-bond acceptors (Lipinski definition) is 4. The highest BCUT2D eigenvalue weighted by Gasteiger charge is 2.44. The number of benzene rings is 2. The summed E-state index contributed by atoms with van der Waals surface area (Å²) in [6.45, 7) is 7.71. The number of carbonyl (C=O) groups is 1. The largest absolute Gasteiger partial charge is 0.489 e. The van der Waals surface area contributed by atoms with Crippen LogP contribution in [0.3, 0.4) is 0 Å². The van der Waals surface area contributed by atoms with Crippen LogP contribution in [0, 0.1) is 0 Å². The Labute approximate surface area is 231 Å². The standard InChI is InChI=1S/C29H34BrClN2O4/c1-5-25(33-27(35)37-28(2,3)4)29(19-7-6-8-20(30)16-19)12-9-21(10-13-29)36-24-15-18-11-14-32-26(34)22(18)17-23(24)31/h6-8,11,14-17,21,25H,5,9-10,12-13H2,1-4H3,(H,32,34)(H,33,35). The number of nitrogens with one attached hydrogen (secondary N) is 2. The average Bonchev–Trinajstić information content (AvgIpc) is 2.83. The predicted molar refractivity (Wildman–Crippen MR) is 152 cm³/mol. The molecule has 4 rings (SSSR count). The number of halogens is 2. The number of alkyl carbamates (subject to hydrolysis) is 1. The van der Waals surface area contributed by atoms with E-state index in [0.717, 1.165) is 42.0 Å². The molecule has 198 valence electrons. The summed E-state index contributed by atoms with van der Waals surface area (Å²) in [6.07, 6.45) is 5.20. The average molecular weight is 590 g/mol. The molecule has 1 amide bonds. The lowest BCUT2D eigenvalue weighted by molar-refractivity contribution is 0.0423. The van der Waals surface area contributed by atoms with Gasteiger partial charge in [0.05, 0.1) is 11.1 Å². The van der Waals surface area contributed by atoms with Gasteiger partial charge in [0.15, 0.2) is 0 Å². The van der Waals surface area contributed by atoms with Crippen LogP contribution in [0.2, 0.25) is 5.02 Å². The fourth-order valence-corrected chi connectivity index (χ4v) is 6.01. The quantitative estimate of drug-likeness (QED) is 0.312. The fourth-order valence-electron chi connectivity index (χ4n) is 5.40. The second-order valence-corrected chi connectivity index (χ2v) is 12.1. The van der Waals surface area contributed by atoms with Crippen molar-refractivity contribution < 1.29 is 14.3 Å². The van der Waals surface area contributed by atoms with Crippen molar-refractivity contribution in [3.63, 3.8) is 0 Å². The zero-order chi connectivity index (χ0) is 26.8. The molecule has 0 spiro atoms. The van der Waals surface area contributed by atoms with Crippen LogP contribution in [0.15, 0.2) is 57.9 Å². The topological polar surface area (TPSA) is 80.4 Å². The van der Waals surface area contributed by atoms with Gasteiger partial charge in [0.2, 0.25) is 0 Å². The van der Waals surface area contributed by atoms with Crippen LogP contribution in [0.25, 0.3) is 10.8 Å². The highest BCUT2D eigenvalue weighted by atomic mass is 79.9. The second kappa shape index (κ2) is 11.1. The molecular formula is C29H34BrClN2O4. The lowest BCUT2D eigenvalue weighted by Gasteiger charge is -2.46. The summed E-state index contributed by atoms with van der Waals surface area (Å²) in [6, 6.07) is 13.6. The van der Waals surface area contributed by atoms with Gasteiger partial charge in [-0.15, -0.1) is 0 Å². The van der Waals surface area contributed by atoms with Gasteiger partial charge >= 0.3 is 6.09 Å². The monoisotopic (exact) mass is 588 g/mol. The zero-order valence-corrected chi connectivity index (χ0v) is 24.0. The van der Waals surface area contributed by atoms with E-state index in [0.29, 0.717) is 16.2 Å². The SMILES string of the molecule is CCC(NC(=O)OC(C)(C)C)C1(c2cccc(Br)c2)CCC(Oc2cc3cc[nH]c(=O)c3cc2Cl)CC1. The Balaban J connectivity index is 1.57. The van der Waals surface area contributed by atoms with Crippen LogP contribution in [0.1, 0.15) is 65.4 Å². The summed E-state index contributed by atoms with van der Waals surface area (Å²) in [5.74, 6) is 0.582. The maximum atomic E-state index is 12.8. The minimum Gasteiger partial charge on any atom is -0.489 e. The van der Waals surface area contributed by atoms with E-state index in [4.69, 9.17) is 21.1 Å². The van der Waals surface area contributed by atoms with Gasteiger partial charge in [0, 0.05) is 27.5 Å². The third-order valence-electron chi connectivity index (χ3n) is 7.11. The number of H-pyrrole nitrogens is 1. The summed E-state index contributed by atoms with van der Waals surface area (Å²) < 4.78 is 13.0. The molecule has 1 aliphatic rings. The molecule has 0 radical (unpaired) electrons. The molecule has 1 atom stereocenters. The molecule has 3 aromatic rings. The maximum Gasteiger partial charge on any atom is 0.407 e. The number of ether oxygens (including phenoxy) is 2. The van der Waals surface area contributed by atoms with E-state index in [2.05, 4.69) is 45.3 Å². The number of pyridine rings is 1. The van der Waals surface area contributed by atoms with Gasteiger partial charge in [-0.1, -0.05) is 46.6 Å². The van der Waals surface area contributed by atoms with Gasteiger partial charge in [-0.05, 0) is 94.2 Å². The van der Waals surface area contributed by atoms with E-state index < -0.39 is 11.7 Å². The Morgan fingerprint density at radius 2 is 1.95 bits per heavy atom. The molecule has 1 saturated carbocycles. The first-order valence-corrected chi connectivity index (χ1v) is 13.9. The molecule has 1 heterocycles. The molecule has 8 heteroatoms. The second-order valence-electron chi connectivity index (χ2n) is 10.8. The van der Waals surface area contributed by atoms with Crippen molar-refractivity contribution in [3.8, 4) is 5.75 Å². The lowest BCUT2D eigenvalue weighted by atomic mass is 9.63. The minimum atomic E-state index is -0.569. The molecule has 0 saturated heterocycles. The Morgan fingerprint density at radius 3 is 2.59 bits per heavy atom. The first kappa shape index (κ1) is 27.5. The van der Waals surface area contributed by atoms with E-state index in [9.17, 15) is 9.59 Å². The molecule has 1 aliphatic carbocycles. The molecule has 6 nitrogen and oxygen atoms in total. The van der Waals surface area contributed by atoms with Crippen molar-refractivity contribution in [2.45, 2.75) is 83.0 Å². The molecule has 0 bridgehead atoms. The molecule has 2 aromatic carbocycles. The lowest BCUT2D eigenvalue weighted by Crippen LogP contribution is -2.53. The third kappa shape index (κ3) is 6.32. The van der Waals surface area contributed by atoms with E-state index in [1.807, 2.05) is 45.0 Å². The minimum absolute atomic E-state index is 0.0312. The van der Waals surface area contributed by atoms with E-state index in [-0.39, 0.29) is 23.1 Å². The third-order valence-corrected chi connectivity index (χ3v) is 7.90. The summed E-state index contributed by atoms with van der Waals surface area (Å²) in [4.78, 5) is 27.6. The molecule has 1 fully saturated rings. The van der Waals surface area contributed by atoms with Gasteiger partial charge in [-0.2, -0.15) is 0 Å². The predicted octanol–water partition coefficient (Wildman–Crippen LogP) is 7.51. The smallest absolute Gasteiger partial charge is 0.407 e. The van der Waals surface area contributed by atoms with E-state index >= 15 is 0 Å². The maximum absolute atomic E-state index is 12.8. The van der Waals surface area contributed by atoms with Gasteiger partial charge in [-0.25, -0.2) is 4.79 Å². The number of carbonyl (C=O) groups excluding carboxylic acids is 1. The number of fused-ring (bicyclic) bond motifs is 1. The van der Waals surface area contributed by atoms with Gasteiger partial charge < -0.3 is 19.8 Å². The van der Waals surface area contributed by atoms with Crippen LogP contribution in [-0.4, -0.2) is 28.8 Å². The first-order chi connectivity index (χ1) is 17.5. The van der Waals surface area contributed by atoms with E-state index in [1.165, 1.54) is 5.56 Å². The van der Waals surface area contributed by atoms with Crippen molar-refractivity contribution in [2.24, 2.45) is 0 Å². The van der Waals surface area contributed by atoms with Crippen molar-refractivity contribution in [1.82, 2.24) is 10.3 Å². The van der Waals surface area contributed by atoms with Crippen LogP contribution in [0.4, 0.5) is 4.79 Å². The summed E-state index contributed by atoms with van der Waals surface area (Å²) in [5, 5.41) is 4.93. The van der Waals surface area contributed by atoms with E-state index in [1.54, 1.807) is 12.3 Å². The normalized spacial score (nSPS) is 20.9. The first-order valence-electron chi connectivity index (χ1n) is 12.7. The number of hydrogen-bond donors (Lipinski definition) is 2. The Kier molecular flexibility index (Phi) is 8.24. The Morgan fingerprint density at radius 1 is 1.22 bits per heavy atom. The Bertz CT molecular complexity index is 1330. The van der Waals surface area contributed by atoms with Crippen LogP contribution in [-0.2, 0) is 10.2 Å². The number of aromatic amines is 1. The molecule has 2 N–H and O–H groups in total. The van der Waals surface area contributed by atoms with Crippen LogP contribution < -0.4 is 15.6 Å². The zero-order valence-electron chi connectivity index (χ0n) is 21.7. The van der Waals surface area contributed by atoms with Crippen LogP contribution in [0.5, 0.6) is 5.75 Å². The highest BCUT2D eigenvalue weighted by molar-refractivity contribution is 9.10.